The molecule has 0 amide bonds. The first kappa shape index (κ1) is 13.4. The third-order valence-corrected chi connectivity index (χ3v) is 4.51. The summed E-state index contributed by atoms with van der Waals surface area (Å²) in [6.07, 6.45) is 13.2. The lowest BCUT2D eigenvalue weighted by molar-refractivity contribution is 0.328. The molecule has 0 unspecified atom stereocenters. The molecule has 0 spiro atoms. The van der Waals surface area contributed by atoms with E-state index in [0.717, 1.165) is 13.0 Å². The van der Waals surface area contributed by atoms with E-state index in [4.69, 9.17) is 4.52 Å². The Hall–Kier alpha value is -1.05. The quantitative estimate of drug-likeness (QED) is 0.507. The van der Waals surface area contributed by atoms with Crippen LogP contribution in [-0.4, -0.2) is 15.3 Å². The zero-order valence-electron chi connectivity index (χ0n) is 10.9. The Labute approximate surface area is 110 Å². The van der Waals surface area contributed by atoms with Gasteiger partial charge in [-0.2, -0.15) is 0 Å². The molecule has 0 atom stereocenters. The summed E-state index contributed by atoms with van der Waals surface area (Å²) >= 11 is 0. The summed E-state index contributed by atoms with van der Waals surface area (Å²) in [6.45, 7) is 3.06. The van der Waals surface area contributed by atoms with Crippen molar-refractivity contribution < 1.29 is 4.52 Å². The minimum Gasteiger partial charge on any atom is -0.322 e. The molecule has 0 saturated carbocycles. The zero-order valence-corrected chi connectivity index (χ0v) is 11.8. The van der Waals surface area contributed by atoms with Crippen LogP contribution in [0.2, 0.25) is 0 Å². The number of hydrogen-bond acceptors (Lipinski definition) is 1. The Morgan fingerprint density at radius 1 is 0.833 bits per heavy atom. The van der Waals surface area contributed by atoms with Gasteiger partial charge in [0, 0.05) is 24.8 Å². The molecule has 2 aromatic heterocycles. The highest BCUT2D eigenvalue weighted by atomic mass is 31.2. The number of rotatable bonds is 8. The van der Waals surface area contributed by atoms with E-state index in [1.807, 2.05) is 24.3 Å². The van der Waals surface area contributed by atoms with Crippen molar-refractivity contribution in [3.8, 4) is 0 Å². The summed E-state index contributed by atoms with van der Waals surface area (Å²) in [5.74, 6) is 0. The second-order valence-corrected chi connectivity index (χ2v) is 5.96. The summed E-state index contributed by atoms with van der Waals surface area (Å²) in [5.41, 5.74) is 0. The topological polar surface area (TPSA) is 19.1 Å². The monoisotopic (exact) mass is 264 g/mol. The summed E-state index contributed by atoms with van der Waals surface area (Å²) in [6, 6.07) is 8.16. The van der Waals surface area contributed by atoms with Crippen molar-refractivity contribution in [2.45, 2.75) is 32.6 Å². The Balaban J connectivity index is 1.90. The molecule has 0 bridgehead atoms. The molecule has 0 aliphatic heterocycles. The maximum Gasteiger partial charge on any atom is 0.256 e. The predicted molar refractivity (Wildman–Crippen MR) is 76.7 cm³/mol. The molecule has 0 radical (unpaired) electrons. The number of nitrogens with zero attached hydrogens (tertiary/aromatic N) is 2. The molecule has 4 heteroatoms. The first-order valence-corrected chi connectivity index (χ1v) is 7.78. The van der Waals surface area contributed by atoms with Gasteiger partial charge in [0.05, 0.1) is 6.61 Å². The van der Waals surface area contributed by atoms with Crippen LogP contribution in [-0.2, 0) is 4.52 Å². The lowest BCUT2D eigenvalue weighted by Crippen LogP contribution is -2.02. The molecule has 98 valence electrons. The molecular formula is C14H21N2OP. The standard InChI is InChI=1S/C14H21N2OP/c1-2-3-4-9-14-17-18(15-10-5-6-11-15)16-12-7-8-13-16/h5-8,10-13H,2-4,9,14H2,1H3. The first-order chi connectivity index (χ1) is 8.92. The van der Waals surface area contributed by atoms with Gasteiger partial charge in [0.2, 0.25) is 0 Å². The highest BCUT2D eigenvalue weighted by Gasteiger charge is 2.12. The van der Waals surface area contributed by atoms with E-state index in [9.17, 15) is 0 Å². The van der Waals surface area contributed by atoms with Crippen molar-refractivity contribution in [2.75, 3.05) is 6.61 Å². The van der Waals surface area contributed by atoms with E-state index in [1.54, 1.807) is 0 Å². The largest absolute Gasteiger partial charge is 0.322 e. The van der Waals surface area contributed by atoms with E-state index in [2.05, 4.69) is 40.4 Å². The van der Waals surface area contributed by atoms with Crippen molar-refractivity contribution in [1.82, 2.24) is 8.68 Å². The van der Waals surface area contributed by atoms with Crippen LogP contribution in [0.15, 0.2) is 49.1 Å². The highest BCUT2D eigenvalue weighted by molar-refractivity contribution is 7.49. The molecule has 3 nitrogen and oxygen atoms in total. The van der Waals surface area contributed by atoms with E-state index in [-0.39, 0.29) is 0 Å². The molecular weight excluding hydrogens is 243 g/mol. The molecule has 0 saturated heterocycles. The fourth-order valence-corrected chi connectivity index (χ4v) is 3.37. The molecule has 18 heavy (non-hydrogen) atoms. The van der Waals surface area contributed by atoms with Crippen molar-refractivity contribution >= 4 is 8.45 Å². The molecule has 0 N–H and O–H groups in total. The average Bonchev–Trinajstić information content (AvgIpc) is 3.06. The van der Waals surface area contributed by atoms with Crippen molar-refractivity contribution in [3.05, 3.63) is 49.1 Å². The molecule has 2 rings (SSSR count). The third-order valence-electron chi connectivity index (χ3n) is 2.78. The molecule has 0 fully saturated rings. The Morgan fingerprint density at radius 3 is 1.89 bits per heavy atom. The van der Waals surface area contributed by atoms with E-state index < -0.39 is 8.45 Å². The van der Waals surface area contributed by atoms with Gasteiger partial charge < -0.3 is 4.52 Å². The molecule has 0 aliphatic carbocycles. The summed E-state index contributed by atoms with van der Waals surface area (Å²) < 4.78 is 10.4. The predicted octanol–water partition coefficient (Wildman–Crippen LogP) is 4.51. The lowest BCUT2D eigenvalue weighted by atomic mass is 10.2. The fraction of sp³-hybridized carbons (Fsp3) is 0.429. The van der Waals surface area contributed by atoms with E-state index in [0.29, 0.717) is 0 Å². The molecule has 0 aromatic carbocycles. The average molecular weight is 264 g/mol. The van der Waals surface area contributed by atoms with Gasteiger partial charge in [-0.25, -0.2) is 0 Å². The van der Waals surface area contributed by atoms with Gasteiger partial charge in [0.25, 0.3) is 8.45 Å². The maximum atomic E-state index is 6.07. The van der Waals surface area contributed by atoms with Gasteiger partial charge in [-0.05, 0) is 30.7 Å². The van der Waals surface area contributed by atoms with Crippen LogP contribution in [0.5, 0.6) is 0 Å². The molecule has 0 aliphatic rings. The lowest BCUT2D eigenvalue weighted by Gasteiger charge is -2.19. The highest BCUT2D eigenvalue weighted by Crippen LogP contribution is 2.40. The summed E-state index contributed by atoms with van der Waals surface area (Å²) in [7, 11) is -0.764. The summed E-state index contributed by atoms with van der Waals surface area (Å²) in [4.78, 5) is 0. The van der Waals surface area contributed by atoms with E-state index >= 15 is 0 Å². The van der Waals surface area contributed by atoms with Crippen LogP contribution in [0.1, 0.15) is 32.6 Å². The minimum absolute atomic E-state index is 0.764. The minimum atomic E-state index is -0.764. The van der Waals surface area contributed by atoms with Gasteiger partial charge in [-0.1, -0.05) is 26.2 Å². The Morgan fingerprint density at radius 2 is 1.39 bits per heavy atom. The van der Waals surface area contributed by atoms with Crippen LogP contribution in [0, 0.1) is 0 Å². The fourth-order valence-electron chi connectivity index (χ4n) is 1.81. The number of hydrogen-bond donors (Lipinski definition) is 0. The van der Waals surface area contributed by atoms with Crippen LogP contribution in [0.3, 0.4) is 0 Å². The molecule has 2 aromatic rings. The normalized spacial score (nSPS) is 11.2. The van der Waals surface area contributed by atoms with Crippen molar-refractivity contribution in [1.29, 1.82) is 0 Å². The SMILES string of the molecule is CCCCCCOP(n1cccc1)n1cccc1. The third kappa shape index (κ3) is 3.72. The van der Waals surface area contributed by atoms with Crippen LogP contribution < -0.4 is 0 Å². The first-order valence-electron chi connectivity index (χ1n) is 6.61. The van der Waals surface area contributed by atoms with Crippen molar-refractivity contribution in [2.24, 2.45) is 0 Å². The van der Waals surface area contributed by atoms with Gasteiger partial charge >= 0.3 is 0 Å². The van der Waals surface area contributed by atoms with Gasteiger partial charge in [0.15, 0.2) is 0 Å². The smallest absolute Gasteiger partial charge is 0.256 e. The Kier molecular flexibility index (Phi) is 5.50. The zero-order chi connectivity index (χ0) is 12.6. The number of unbranched alkanes of at least 4 members (excludes halogenated alkanes) is 3. The maximum absolute atomic E-state index is 6.07. The van der Waals surface area contributed by atoms with Crippen LogP contribution in [0.4, 0.5) is 0 Å². The molecule has 2 heterocycles. The van der Waals surface area contributed by atoms with E-state index in [1.165, 1.54) is 19.3 Å². The van der Waals surface area contributed by atoms with Crippen molar-refractivity contribution in [3.63, 3.8) is 0 Å². The second kappa shape index (κ2) is 7.40. The van der Waals surface area contributed by atoms with Gasteiger partial charge in [-0.3, -0.25) is 8.68 Å². The van der Waals surface area contributed by atoms with Crippen LogP contribution >= 0.6 is 8.45 Å². The Bertz CT molecular complexity index is 377. The van der Waals surface area contributed by atoms with Gasteiger partial charge in [0.1, 0.15) is 0 Å². The second-order valence-electron chi connectivity index (χ2n) is 4.27. The van der Waals surface area contributed by atoms with Gasteiger partial charge in [-0.15, -0.1) is 0 Å². The summed E-state index contributed by atoms with van der Waals surface area (Å²) in [5, 5.41) is 0. The van der Waals surface area contributed by atoms with Crippen LogP contribution in [0.25, 0.3) is 0 Å². The number of aromatic nitrogens is 2.